The Morgan fingerprint density at radius 1 is 1.19 bits per heavy atom. The molecular formula is C18H26N2O. The average Bonchev–Trinajstić information content (AvgIpc) is 2.81. The van der Waals surface area contributed by atoms with E-state index >= 15 is 0 Å². The maximum Gasteiger partial charge on any atom is 0.174 e. The summed E-state index contributed by atoms with van der Waals surface area (Å²) in [5, 5.41) is 12.2. The molecule has 2 rings (SSSR count). The van der Waals surface area contributed by atoms with E-state index in [1.54, 1.807) is 0 Å². The SMILES string of the molecule is C[C@H](NCc1ccc(OCC#N)cc1)C1CCCCCC1. The molecule has 1 aliphatic rings. The summed E-state index contributed by atoms with van der Waals surface area (Å²) in [6.45, 7) is 3.33. The molecule has 1 fully saturated rings. The fourth-order valence-electron chi connectivity index (χ4n) is 3.08. The van der Waals surface area contributed by atoms with Gasteiger partial charge in [0, 0.05) is 12.6 Å². The Morgan fingerprint density at radius 2 is 1.86 bits per heavy atom. The Bertz CT molecular complexity index is 441. The van der Waals surface area contributed by atoms with Gasteiger partial charge >= 0.3 is 0 Å². The zero-order valence-electron chi connectivity index (χ0n) is 13.0. The van der Waals surface area contributed by atoms with Gasteiger partial charge in [0.05, 0.1) is 0 Å². The average molecular weight is 286 g/mol. The van der Waals surface area contributed by atoms with E-state index in [2.05, 4.69) is 24.4 Å². The van der Waals surface area contributed by atoms with Gasteiger partial charge in [0.2, 0.25) is 0 Å². The first-order valence-electron chi connectivity index (χ1n) is 8.11. The quantitative estimate of drug-likeness (QED) is 0.803. The van der Waals surface area contributed by atoms with Crippen LogP contribution in [0.3, 0.4) is 0 Å². The standard InChI is InChI=1S/C18H26N2O/c1-15(17-6-4-2-3-5-7-17)20-14-16-8-10-18(11-9-16)21-13-12-19/h8-11,15,17,20H,2-7,13-14H2,1H3/t15-/m0/s1. The summed E-state index contributed by atoms with van der Waals surface area (Å²) in [5.41, 5.74) is 1.26. The van der Waals surface area contributed by atoms with E-state index in [1.165, 1.54) is 44.1 Å². The van der Waals surface area contributed by atoms with Crippen molar-refractivity contribution in [1.82, 2.24) is 5.32 Å². The summed E-state index contributed by atoms with van der Waals surface area (Å²) < 4.78 is 5.26. The van der Waals surface area contributed by atoms with Gasteiger partial charge in [-0.2, -0.15) is 5.26 Å². The predicted molar refractivity (Wildman–Crippen MR) is 85.0 cm³/mol. The maximum absolute atomic E-state index is 8.49. The lowest BCUT2D eigenvalue weighted by atomic mass is 9.93. The molecule has 0 aromatic heterocycles. The summed E-state index contributed by atoms with van der Waals surface area (Å²) in [5.74, 6) is 1.59. The molecule has 0 bridgehead atoms. The van der Waals surface area contributed by atoms with E-state index in [9.17, 15) is 0 Å². The molecule has 1 atom stereocenters. The largest absolute Gasteiger partial charge is 0.479 e. The normalized spacial score (nSPS) is 17.7. The molecule has 1 aromatic carbocycles. The van der Waals surface area contributed by atoms with Crippen molar-refractivity contribution in [3.63, 3.8) is 0 Å². The van der Waals surface area contributed by atoms with Crippen molar-refractivity contribution in [2.45, 2.75) is 58.0 Å². The van der Waals surface area contributed by atoms with E-state index in [0.717, 1.165) is 18.2 Å². The maximum atomic E-state index is 8.49. The van der Waals surface area contributed by atoms with Crippen LogP contribution in [0.4, 0.5) is 0 Å². The molecule has 3 heteroatoms. The highest BCUT2D eigenvalue weighted by molar-refractivity contribution is 5.27. The fourth-order valence-corrected chi connectivity index (χ4v) is 3.08. The molecule has 0 spiro atoms. The molecule has 0 unspecified atom stereocenters. The summed E-state index contributed by atoms with van der Waals surface area (Å²) in [4.78, 5) is 0. The van der Waals surface area contributed by atoms with Gasteiger partial charge in [0.15, 0.2) is 6.61 Å². The first kappa shape index (κ1) is 15.9. The molecule has 3 nitrogen and oxygen atoms in total. The number of nitrogens with one attached hydrogen (secondary N) is 1. The lowest BCUT2D eigenvalue weighted by molar-refractivity contribution is 0.336. The topological polar surface area (TPSA) is 45.0 Å². The molecule has 0 amide bonds. The third kappa shape index (κ3) is 5.40. The van der Waals surface area contributed by atoms with E-state index in [1.807, 2.05) is 18.2 Å². The predicted octanol–water partition coefficient (Wildman–Crippen LogP) is 4.04. The minimum absolute atomic E-state index is 0.107. The highest BCUT2D eigenvalue weighted by Gasteiger charge is 2.18. The van der Waals surface area contributed by atoms with Crippen LogP contribution in [0.2, 0.25) is 0 Å². The van der Waals surface area contributed by atoms with Crippen LogP contribution in [0.1, 0.15) is 51.0 Å². The van der Waals surface area contributed by atoms with Crippen LogP contribution < -0.4 is 10.1 Å². The molecule has 1 N–H and O–H groups in total. The summed E-state index contributed by atoms with van der Waals surface area (Å²) in [6, 6.07) is 10.6. The van der Waals surface area contributed by atoms with Crippen molar-refractivity contribution in [3.8, 4) is 11.8 Å². The van der Waals surface area contributed by atoms with Crippen molar-refractivity contribution in [3.05, 3.63) is 29.8 Å². The number of ether oxygens (including phenoxy) is 1. The van der Waals surface area contributed by atoms with Crippen LogP contribution in [-0.2, 0) is 6.54 Å². The van der Waals surface area contributed by atoms with E-state index in [4.69, 9.17) is 10.00 Å². The van der Waals surface area contributed by atoms with Crippen LogP contribution >= 0.6 is 0 Å². The Hall–Kier alpha value is -1.53. The van der Waals surface area contributed by atoms with Gasteiger partial charge in [-0.1, -0.05) is 37.8 Å². The van der Waals surface area contributed by atoms with Crippen molar-refractivity contribution in [2.24, 2.45) is 5.92 Å². The van der Waals surface area contributed by atoms with Crippen molar-refractivity contribution < 1.29 is 4.74 Å². The second-order valence-electron chi connectivity index (χ2n) is 6.01. The van der Waals surface area contributed by atoms with Crippen LogP contribution in [0, 0.1) is 17.2 Å². The van der Waals surface area contributed by atoms with Crippen LogP contribution in [-0.4, -0.2) is 12.6 Å². The number of benzene rings is 1. The molecule has 114 valence electrons. The lowest BCUT2D eigenvalue weighted by Crippen LogP contribution is -2.32. The first-order chi connectivity index (χ1) is 10.3. The van der Waals surface area contributed by atoms with Crippen LogP contribution in [0.15, 0.2) is 24.3 Å². The second kappa shape index (κ2) is 8.69. The smallest absolute Gasteiger partial charge is 0.174 e. The number of rotatable bonds is 6. The second-order valence-corrected chi connectivity index (χ2v) is 6.01. The summed E-state index contributed by atoms with van der Waals surface area (Å²) >= 11 is 0. The minimum atomic E-state index is 0.107. The molecule has 1 aromatic rings. The van der Waals surface area contributed by atoms with Crippen molar-refractivity contribution >= 4 is 0 Å². The molecule has 0 radical (unpaired) electrons. The minimum Gasteiger partial charge on any atom is -0.479 e. The Kier molecular flexibility index (Phi) is 6.56. The van der Waals surface area contributed by atoms with E-state index < -0.39 is 0 Å². The van der Waals surface area contributed by atoms with Gasteiger partial charge in [-0.25, -0.2) is 0 Å². The van der Waals surface area contributed by atoms with Gasteiger partial charge < -0.3 is 10.1 Å². The molecule has 0 heterocycles. The third-order valence-electron chi connectivity index (χ3n) is 4.46. The molecule has 21 heavy (non-hydrogen) atoms. The monoisotopic (exact) mass is 286 g/mol. The Labute approximate surface area is 128 Å². The van der Waals surface area contributed by atoms with Crippen molar-refractivity contribution in [1.29, 1.82) is 5.26 Å². The molecule has 0 saturated heterocycles. The zero-order valence-corrected chi connectivity index (χ0v) is 13.0. The highest BCUT2D eigenvalue weighted by Crippen LogP contribution is 2.25. The van der Waals surface area contributed by atoms with E-state index in [-0.39, 0.29) is 6.61 Å². The van der Waals surface area contributed by atoms with Gasteiger partial charge in [0.1, 0.15) is 11.8 Å². The van der Waals surface area contributed by atoms with Crippen LogP contribution in [0.25, 0.3) is 0 Å². The van der Waals surface area contributed by atoms with E-state index in [0.29, 0.717) is 6.04 Å². The van der Waals surface area contributed by atoms with Gasteiger partial charge in [-0.15, -0.1) is 0 Å². The zero-order chi connectivity index (χ0) is 14.9. The molecule has 1 aliphatic carbocycles. The number of hydrogen-bond acceptors (Lipinski definition) is 3. The molecular weight excluding hydrogens is 260 g/mol. The van der Waals surface area contributed by atoms with Crippen molar-refractivity contribution in [2.75, 3.05) is 6.61 Å². The number of nitrogens with zero attached hydrogens (tertiary/aromatic N) is 1. The summed E-state index contributed by atoms with van der Waals surface area (Å²) in [7, 11) is 0. The Balaban J connectivity index is 1.77. The van der Waals surface area contributed by atoms with Crippen LogP contribution in [0.5, 0.6) is 5.75 Å². The Morgan fingerprint density at radius 3 is 2.48 bits per heavy atom. The fraction of sp³-hybridized carbons (Fsp3) is 0.611. The molecule has 1 saturated carbocycles. The van der Waals surface area contributed by atoms with Gasteiger partial charge in [0.25, 0.3) is 0 Å². The number of hydrogen-bond donors (Lipinski definition) is 1. The lowest BCUT2D eigenvalue weighted by Gasteiger charge is -2.23. The first-order valence-corrected chi connectivity index (χ1v) is 8.11. The highest BCUT2D eigenvalue weighted by atomic mass is 16.5. The summed E-state index contributed by atoms with van der Waals surface area (Å²) in [6.07, 6.45) is 8.34. The molecule has 0 aliphatic heterocycles. The third-order valence-corrected chi connectivity index (χ3v) is 4.46. The number of nitriles is 1. The van der Waals surface area contributed by atoms with Gasteiger partial charge in [-0.05, 0) is 43.4 Å². The van der Waals surface area contributed by atoms with Gasteiger partial charge in [-0.3, -0.25) is 0 Å².